The Morgan fingerprint density at radius 1 is 1.35 bits per heavy atom. The summed E-state index contributed by atoms with van der Waals surface area (Å²) in [5, 5.41) is 3.41. The molecule has 0 unspecified atom stereocenters. The number of unbranched alkanes of at least 4 members (excludes halogenated alkanes) is 2. The molecule has 0 rings (SSSR count). The molecule has 0 spiro atoms. The normalized spacial score (nSPS) is 11.3. The van der Waals surface area contributed by atoms with Crippen molar-refractivity contribution < 1.29 is 9.53 Å². The summed E-state index contributed by atoms with van der Waals surface area (Å²) >= 11 is 0. The molecular weight excluding hydrogens is 214 g/mol. The fourth-order valence-electron chi connectivity index (χ4n) is 1.56. The Hall–Kier alpha value is -0.830. The zero-order valence-electron chi connectivity index (χ0n) is 11.8. The molecule has 0 saturated carbocycles. The first-order valence-corrected chi connectivity index (χ1v) is 6.46. The predicted octanol–water partition coefficient (Wildman–Crippen LogP) is 3.05. The van der Waals surface area contributed by atoms with Gasteiger partial charge in [-0.15, -0.1) is 0 Å². The summed E-state index contributed by atoms with van der Waals surface area (Å²) in [7, 11) is 0. The minimum absolute atomic E-state index is 0.116. The topological polar surface area (TPSA) is 38.3 Å². The van der Waals surface area contributed by atoms with Gasteiger partial charge in [0, 0.05) is 17.7 Å². The average Bonchev–Trinajstić information content (AvgIpc) is 2.24. The van der Waals surface area contributed by atoms with Crippen molar-refractivity contribution in [1.82, 2.24) is 5.32 Å². The van der Waals surface area contributed by atoms with Crippen molar-refractivity contribution in [2.45, 2.75) is 58.9 Å². The van der Waals surface area contributed by atoms with Crippen molar-refractivity contribution in [2.75, 3.05) is 13.2 Å². The molecule has 0 saturated heterocycles. The monoisotopic (exact) mass is 241 g/mol. The molecular formula is C14H27NO2. The standard InChI is InChI=1S/C14H27NO2/c1-6-7-8-9-14(4,5)15-10-11-17-13(16)12(2)3/h15H,2,6-11H2,1,3-5H3. The number of esters is 1. The van der Waals surface area contributed by atoms with Crippen LogP contribution in [0.25, 0.3) is 0 Å². The lowest BCUT2D eigenvalue weighted by Gasteiger charge is -2.26. The lowest BCUT2D eigenvalue weighted by atomic mass is 9.97. The van der Waals surface area contributed by atoms with Crippen LogP contribution in [0, 0.1) is 0 Å². The number of nitrogens with one attached hydrogen (secondary N) is 1. The molecule has 0 aromatic rings. The lowest BCUT2D eigenvalue weighted by Crippen LogP contribution is -2.41. The van der Waals surface area contributed by atoms with Gasteiger partial charge in [0.15, 0.2) is 0 Å². The molecule has 0 aliphatic heterocycles. The Kier molecular flexibility index (Phi) is 7.88. The van der Waals surface area contributed by atoms with Crippen LogP contribution < -0.4 is 5.32 Å². The van der Waals surface area contributed by atoms with E-state index in [1.807, 2.05) is 0 Å². The van der Waals surface area contributed by atoms with Gasteiger partial charge in [0.2, 0.25) is 0 Å². The molecule has 0 radical (unpaired) electrons. The highest BCUT2D eigenvalue weighted by molar-refractivity contribution is 5.86. The van der Waals surface area contributed by atoms with Gasteiger partial charge in [-0.3, -0.25) is 0 Å². The molecule has 3 nitrogen and oxygen atoms in total. The summed E-state index contributed by atoms with van der Waals surface area (Å²) in [4.78, 5) is 11.1. The first kappa shape index (κ1) is 16.2. The van der Waals surface area contributed by atoms with Crippen molar-refractivity contribution in [3.8, 4) is 0 Å². The second-order valence-electron chi connectivity index (χ2n) is 5.18. The fraction of sp³-hybridized carbons (Fsp3) is 0.786. The first-order chi connectivity index (χ1) is 7.89. The van der Waals surface area contributed by atoms with Crippen LogP contribution in [0.2, 0.25) is 0 Å². The van der Waals surface area contributed by atoms with E-state index in [1.54, 1.807) is 6.92 Å². The predicted molar refractivity (Wildman–Crippen MR) is 72.0 cm³/mol. The quantitative estimate of drug-likeness (QED) is 0.383. The Balaban J connectivity index is 3.64. The molecule has 17 heavy (non-hydrogen) atoms. The van der Waals surface area contributed by atoms with Crippen molar-refractivity contribution >= 4 is 5.97 Å². The Bertz CT molecular complexity index is 247. The van der Waals surface area contributed by atoms with E-state index >= 15 is 0 Å². The van der Waals surface area contributed by atoms with Gasteiger partial charge >= 0.3 is 5.97 Å². The number of hydrogen-bond donors (Lipinski definition) is 1. The minimum Gasteiger partial charge on any atom is -0.461 e. The highest BCUT2D eigenvalue weighted by atomic mass is 16.5. The van der Waals surface area contributed by atoms with Crippen LogP contribution in [0.15, 0.2) is 12.2 Å². The van der Waals surface area contributed by atoms with Gasteiger partial charge in [-0.1, -0.05) is 32.8 Å². The second-order valence-corrected chi connectivity index (χ2v) is 5.18. The van der Waals surface area contributed by atoms with Crippen molar-refractivity contribution in [1.29, 1.82) is 0 Å². The van der Waals surface area contributed by atoms with E-state index in [2.05, 4.69) is 32.7 Å². The van der Waals surface area contributed by atoms with E-state index in [9.17, 15) is 4.79 Å². The SMILES string of the molecule is C=C(C)C(=O)OCCNC(C)(C)CCCCC. The maximum atomic E-state index is 11.1. The molecule has 1 N–H and O–H groups in total. The number of hydrogen-bond acceptors (Lipinski definition) is 3. The van der Waals surface area contributed by atoms with Gasteiger partial charge < -0.3 is 10.1 Å². The third-order valence-electron chi connectivity index (χ3n) is 2.69. The first-order valence-electron chi connectivity index (χ1n) is 6.46. The molecule has 100 valence electrons. The van der Waals surface area contributed by atoms with Gasteiger partial charge in [-0.2, -0.15) is 0 Å². The third-order valence-corrected chi connectivity index (χ3v) is 2.69. The summed E-state index contributed by atoms with van der Waals surface area (Å²) in [5.41, 5.74) is 0.567. The summed E-state index contributed by atoms with van der Waals surface area (Å²) in [6.45, 7) is 12.9. The van der Waals surface area contributed by atoms with Crippen LogP contribution in [-0.4, -0.2) is 24.7 Å². The zero-order chi connectivity index (χ0) is 13.3. The van der Waals surface area contributed by atoms with Gasteiger partial charge in [0.05, 0.1) is 0 Å². The molecule has 0 heterocycles. The molecule has 0 aromatic carbocycles. The maximum Gasteiger partial charge on any atom is 0.333 e. The Labute approximate surface area is 106 Å². The summed E-state index contributed by atoms with van der Waals surface area (Å²) < 4.78 is 5.02. The number of ether oxygens (including phenoxy) is 1. The summed E-state index contributed by atoms with van der Waals surface area (Å²) in [6, 6.07) is 0. The van der Waals surface area contributed by atoms with E-state index in [4.69, 9.17) is 4.74 Å². The van der Waals surface area contributed by atoms with Crippen LogP contribution in [-0.2, 0) is 9.53 Å². The number of carbonyl (C=O) groups excluding carboxylic acids is 1. The molecule has 0 bridgehead atoms. The highest BCUT2D eigenvalue weighted by Crippen LogP contribution is 2.13. The van der Waals surface area contributed by atoms with Crippen LogP contribution in [0.5, 0.6) is 0 Å². The van der Waals surface area contributed by atoms with E-state index in [0.717, 1.165) is 6.42 Å². The van der Waals surface area contributed by atoms with E-state index in [1.165, 1.54) is 19.3 Å². The number of rotatable bonds is 9. The molecule has 0 aromatic heterocycles. The molecule has 0 aliphatic rings. The smallest absolute Gasteiger partial charge is 0.333 e. The molecule has 0 atom stereocenters. The van der Waals surface area contributed by atoms with Crippen molar-refractivity contribution in [3.05, 3.63) is 12.2 Å². The molecule has 3 heteroatoms. The summed E-state index contributed by atoms with van der Waals surface area (Å²) in [6.07, 6.45) is 4.90. The lowest BCUT2D eigenvalue weighted by molar-refractivity contribution is -0.138. The van der Waals surface area contributed by atoms with Gasteiger partial charge in [0.25, 0.3) is 0 Å². The van der Waals surface area contributed by atoms with E-state index in [-0.39, 0.29) is 11.5 Å². The van der Waals surface area contributed by atoms with Gasteiger partial charge in [-0.25, -0.2) is 4.79 Å². The Morgan fingerprint density at radius 2 is 2.00 bits per heavy atom. The molecule has 0 aliphatic carbocycles. The average molecular weight is 241 g/mol. The number of carbonyl (C=O) groups is 1. The van der Waals surface area contributed by atoms with Crippen molar-refractivity contribution in [3.63, 3.8) is 0 Å². The van der Waals surface area contributed by atoms with Gasteiger partial charge in [0.1, 0.15) is 6.61 Å². The Morgan fingerprint density at radius 3 is 2.53 bits per heavy atom. The van der Waals surface area contributed by atoms with Crippen LogP contribution in [0.3, 0.4) is 0 Å². The van der Waals surface area contributed by atoms with Crippen molar-refractivity contribution in [2.24, 2.45) is 0 Å². The van der Waals surface area contributed by atoms with E-state index < -0.39 is 0 Å². The third kappa shape index (κ3) is 8.93. The summed E-state index contributed by atoms with van der Waals surface area (Å²) in [5.74, 6) is -0.310. The van der Waals surface area contributed by atoms with Gasteiger partial charge in [-0.05, 0) is 27.2 Å². The van der Waals surface area contributed by atoms with Crippen LogP contribution in [0.1, 0.15) is 53.4 Å². The zero-order valence-corrected chi connectivity index (χ0v) is 11.8. The van der Waals surface area contributed by atoms with Crippen LogP contribution >= 0.6 is 0 Å². The highest BCUT2D eigenvalue weighted by Gasteiger charge is 2.15. The molecule has 0 fully saturated rings. The minimum atomic E-state index is -0.310. The van der Waals surface area contributed by atoms with Crippen LogP contribution in [0.4, 0.5) is 0 Å². The maximum absolute atomic E-state index is 11.1. The molecule has 0 amide bonds. The largest absolute Gasteiger partial charge is 0.461 e. The van der Waals surface area contributed by atoms with E-state index in [0.29, 0.717) is 18.7 Å². The second kappa shape index (κ2) is 8.29. The fourth-order valence-corrected chi connectivity index (χ4v) is 1.56.